The van der Waals surface area contributed by atoms with E-state index < -0.39 is 5.97 Å². The zero-order chi connectivity index (χ0) is 14.8. The number of hydrogen-bond donors (Lipinski definition) is 1. The van der Waals surface area contributed by atoms with E-state index in [1.54, 1.807) is 6.92 Å². The van der Waals surface area contributed by atoms with E-state index in [9.17, 15) is 4.79 Å². The first-order chi connectivity index (χ1) is 10.1. The molecule has 0 aliphatic rings. The molecule has 21 heavy (non-hydrogen) atoms. The normalized spacial score (nSPS) is 10.7. The number of aryl methyl sites for hydroxylation is 1. The Morgan fingerprint density at radius 1 is 1.24 bits per heavy atom. The highest BCUT2D eigenvalue weighted by atomic mass is 32.1. The second-order valence-electron chi connectivity index (χ2n) is 4.62. The Kier molecular flexibility index (Phi) is 3.58. The molecule has 106 valence electrons. The van der Waals surface area contributed by atoms with Crippen molar-refractivity contribution in [1.82, 2.24) is 4.98 Å². The quantitative estimate of drug-likeness (QED) is 0.794. The maximum atomic E-state index is 11.0. The number of rotatable bonds is 4. The van der Waals surface area contributed by atoms with Crippen molar-refractivity contribution in [3.05, 3.63) is 58.0 Å². The lowest BCUT2D eigenvalue weighted by molar-refractivity contribution is 0.0701. The largest absolute Gasteiger partial charge is 0.486 e. The molecule has 0 saturated carbocycles. The molecule has 0 spiro atoms. The molecule has 2 aromatic carbocycles. The van der Waals surface area contributed by atoms with Crippen LogP contribution in [-0.4, -0.2) is 16.1 Å². The third-order valence-corrected chi connectivity index (χ3v) is 4.24. The molecule has 4 nitrogen and oxygen atoms in total. The Balaban J connectivity index is 1.77. The number of aromatic nitrogens is 1. The molecule has 0 atom stereocenters. The lowest BCUT2D eigenvalue weighted by atomic mass is 10.1. The molecule has 0 amide bonds. The lowest BCUT2D eigenvalue weighted by Crippen LogP contribution is -1.94. The van der Waals surface area contributed by atoms with Gasteiger partial charge < -0.3 is 9.84 Å². The summed E-state index contributed by atoms with van der Waals surface area (Å²) in [5.74, 6) is -0.194. The van der Waals surface area contributed by atoms with Crippen LogP contribution in [0.3, 0.4) is 0 Å². The number of benzene rings is 2. The maximum Gasteiger partial charge on any atom is 0.347 e. The standard InChI is InChI=1S/C16H13NO3S/c1-10-15(16(18)19)21-14(17-10)9-20-13-7-6-11-4-2-3-5-12(11)8-13/h2-8H,9H2,1H3,(H,18,19). The van der Waals surface area contributed by atoms with Crippen LogP contribution in [0.1, 0.15) is 20.4 Å². The SMILES string of the molecule is Cc1nc(COc2ccc3ccccc3c2)sc1C(=O)O. The first-order valence-corrected chi connectivity index (χ1v) is 7.26. The number of fused-ring (bicyclic) bond motifs is 1. The number of carboxylic acids is 1. The van der Waals surface area contributed by atoms with Crippen LogP contribution in [0.15, 0.2) is 42.5 Å². The van der Waals surface area contributed by atoms with Gasteiger partial charge in [-0.1, -0.05) is 30.3 Å². The van der Waals surface area contributed by atoms with Crippen LogP contribution in [0.25, 0.3) is 10.8 Å². The molecule has 1 heterocycles. The van der Waals surface area contributed by atoms with Crippen molar-refractivity contribution in [2.45, 2.75) is 13.5 Å². The number of thiazole rings is 1. The van der Waals surface area contributed by atoms with Crippen molar-refractivity contribution in [1.29, 1.82) is 0 Å². The smallest absolute Gasteiger partial charge is 0.347 e. The van der Waals surface area contributed by atoms with Crippen LogP contribution >= 0.6 is 11.3 Å². The van der Waals surface area contributed by atoms with Crippen molar-refractivity contribution in [2.24, 2.45) is 0 Å². The number of hydrogen-bond acceptors (Lipinski definition) is 4. The zero-order valence-electron chi connectivity index (χ0n) is 11.4. The minimum atomic E-state index is -0.943. The number of nitrogens with zero attached hydrogens (tertiary/aromatic N) is 1. The maximum absolute atomic E-state index is 11.0. The second kappa shape index (κ2) is 5.54. The number of carboxylic acid groups (broad SMARTS) is 1. The summed E-state index contributed by atoms with van der Waals surface area (Å²) in [4.78, 5) is 15.5. The van der Waals surface area contributed by atoms with Crippen LogP contribution in [0.4, 0.5) is 0 Å². The zero-order valence-corrected chi connectivity index (χ0v) is 12.2. The average Bonchev–Trinajstić information content (AvgIpc) is 2.86. The topological polar surface area (TPSA) is 59.4 Å². The summed E-state index contributed by atoms with van der Waals surface area (Å²) in [6.07, 6.45) is 0. The Morgan fingerprint density at radius 3 is 2.71 bits per heavy atom. The van der Waals surface area contributed by atoms with E-state index in [4.69, 9.17) is 9.84 Å². The van der Waals surface area contributed by atoms with Gasteiger partial charge in [0, 0.05) is 0 Å². The van der Waals surface area contributed by atoms with Crippen LogP contribution in [0, 0.1) is 6.92 Å². The molecule has 3 aromatic rings. The van der Waals surface area contributed by atoms with Gasteiger partial charge in [-0.3, -0.25) is 0 Å². The highest BCUT2D eigenvalue weighted by Gasteiger charge is 2.14. The van der Waals surface area contributed by atoms with Crippen LogP contribution in [0.5, 0.6) is 5.75 Å². The molecule has 0 aliphatic heterocycles. The predicted molar refractivity (Wildman–Crippen MR) is 82.1 cm³/mol. The molecule has 0 unspecified atom stereocenters. The predicted octanol–water partition coefficient (Wildman–Crippen LogP) is 3.88. The molecule has 5 heteroatoms. The highest BCUT2D eigenvalue weighted by Crippen LogP contribution is 2.23. The van der Waals surface area contributed by atoms with E-state index in [-0.39, 0.29) is 11.5 Å². The van der Waals surface area contributed by atoms with Gasteiger partial charge in [0.2, 0.25) is 0 Å². The van der Waals surface area contributed by atoms with E-state index in [1.807, 2.05) is 42.5 Å². The van der Waals surface area contributed by atoms with Gasteiger partial charge >= 0.3 is 5.97 Å². The van der Waals surface area contributed by atoms with Gasteiger partial charge in [0.1, 0.15) is 22.2 Å². The van der Waals surface area contributed by atoms with Crippen molar-refractivity contribution < 1.29 is 14.6 Å². The van der Waals surface area contributed by atoms with Crippen molar-refractivity contribution in [3.8, 4) is 5.75 Å². The molecule has 0 aliphatic carbocycles. The van der Waals surface area contributed by atoms with Gasteiger partial charge in [0.25, 0.3) is 0 Å². The van der Waals surface area contributed by atoms with Gasteiger partial charge in [-0.25, -0.2) is 9.78 Å². The summed E-state index contributed by atoms with van der Waals surface area (Å²) in [5.41, 5.74) is 0.532. The molecule has 0 fully saturated rings. The van der Waals surface area contributed by atoms with Crippen LogP contribution in [-0.2, 0) is 6.61 Å². The molecule has 0 saturated heterocycles. The monoisotopic (exact) mass is 299 g/mol. The Morgan fingerprint density at radius 2 is 2.00 bits per heavy atom. The average molecular weight is 299 g/mol. The fourth-order valence-electron chi connectivity index (χ4n) is 2.11. The Labute approximate surface area is 125 Å². The van der Waals surface area contributed by atoms with E-state index in [1.165, 1.54) is 0 Å². The van der Waals surface area contributed by atoms with Crippen LogP contribution < -0.4 is 4.74 Å². The number of carbonyl (C=O) groups is 1. The van der Waals surface area contributed by atoms with Gasteiger partial charge in [-0.2, -0.15) is 0 Å². The second-order valence-corrected chi connectivity index (χ2v) is 5.71. The highest BCUT2D eigenvalue weighted by molar-refractivity contribution is 7.13. The summed E-state index contributed by atoms with van der Waals surface area (Å²) in [5, 5.41) is 11.9. The van der Waals surface area contributed by atoms with E-state index >= 15 is 0 Å². The Hall–Kier alpha value is -2.40. The van der Waals surface area contributed by atoms with Gasteiger partial charge in [-0.05, 0) is 29.8 Å². The lowest BCUT2D eigenvalue weighted by Gasteiger charge is -2.05. The summed E-state index contributed by atoms with van der Waals surface area (Å²) in [6.45, 7) is 1.97. The minimum Gasteiger partial charge on any atom is -0.486 e. The molecular formula is C16H13NO3S. The van der Waals surface area contributed by atoms with E-state index in [2.05, 4.69) is 4.98 Å². The third-order valence-electron chi connectivity index (χ3n) is 3.12. The fourth-order valence-corrected chi connectivity index (χ4v) is 2.93. The fraction of sp³-hybridized carbons (Fsp3) is 0.125. The summed E-state index contributed by atoms with van der Waals surface area (Å²) < 4.78 is 5.70. The molecule has 1 aromatic heterocycles. The van der Waals surface area contributed by atoms with Gasteiger partial charge in [0.05, 0.1) is 5.69 Å². The van der Waals surface area contributed by atoms with Gasteiger partial charge in [0.15, 0.2) is 0 Å². The molecular weight excluding hydrogens is 286 g/mol. The van der Waals surface area contributed by atoms with E-state index in [0.29, 0.717) is 10.7 Å². The minimum absolute atomic E-state index is 0.270. The van der Waals surface area contributed by atoms with Crippen molar-refractivity contribution in [3.63, 3.8) is 0 Å². The summed E-state index contributed by atoms with van der Waals surface area (Å²) in [7, 11) is 0. The first-order valence-electron chi connectivity index (χ1n) is 6.44. The van der Waals surface area contributed by atoms with Crippen molar-refractivity contribution >= 4 is 28.1 Å². The molecule has 3 rings (SSSR count). The Bertz CT molecular complexity index is 810. The number of ether oxygens (including phenoxy) is 1. The van der Waals surface area contributed by atoms with Gasteiger partial charge in [-0.15, -0.1) is 11.3 Å². The number of aromatic carboxylic acids is 1. The first kappa shape index (κ1) is 13.6. The van der Waals surface area contributed by atoms with E-state index in [0.717, 1.165) is 27.9 Å². The summed E-state index contributed by atoms with van der Waals surface area (Å²) in [6, 6.07) is 13.9. The van der Waals surface area contributed by atoms with Crippen LogP contribution in [0.2, 0.25) is 0 Å². The molecule has 1 N–H and O–H groups in total. The molecule has 0 radical (unpaired) electrons. The molecule has 0 bridgehead atoms. The third kappa shape index (κ3) is 2.87. The van der Waals surface area contributed by atoms with Crippen molar-refractivity contribution in [2.75, 3.05) is 0 Å². The summed E-state index contributed by atoms with van der Waals surface area (Å²) >= 11 is 1.15.